The molecule has 1 aromatic carbocycles. The first-order chi connectivity index (χ1) is 7.78. The fraction of sp³-hybridized carbons (Fsp3) is 0.364. The van der Waals surface area contributed by atoms with Gasteiger partial charge < -0.3 is 15.2 Å². The summed E-state index contributed by atoms with van der Waals surface area (Å²) in [6.07, 6.45) is -0.378. The highest BCUT2D eigenvalue weighted by molar-refractivity contribution is 7.99. The molecule has 2 rings (SSSR count). The molecule has 1 fully saturated rings. The van der Waals surface area contributed by atoms with Crippen molar-refractivity contribution in [2.45, 2.75) is 17.6 Å². The Balaban J connectivity index is 1.82. The molecule has 0 aromatic heterocycles. The molecule has 1 amide bonds. The van der Waals surface area contributed by atoms with E-state index in [9.17, 15) is 4.79 Å². The van der Waals surface area contributed by atoms with E-state index >= 15 is 0 Å². The predicted octanol–water partition coefficient (Wildman–Crippen LogP) is 1.38. The molecule has 16 heavy (non-hydrogen) atoms. The second-order valence-corrected chi connectivity index (χ2v) is 4.61. The Morgan fingerprint density at radius 2 is 2.19 bits per heavy atom. The van der Waals surface area contributed by atoms with Crippen LogP contribution < -0.4 is 5.32 Å². The van der Waals surface area contributed by atoms with Crippen LogP contribution in [0.1, 0.15) is 5.56 Å². The van der Waals surface area contributed by atoms with Crippen molar-refractivity contribution in [3.63, 3.8) is 0 Å². The van der Waals surface area contributed by atoms with Gasteiger partial charge in [-0.1, -0.05) is 12.1 Å². The average molecular weight is 239 g/mol. The lowest BCUT2D eigenvalue weighted by atomic mass is 10.2. The number of hydrogen-bond acceptors (Lipinski definition) is 4. The minimum absolute atomic E-state index is 0.0463. The number of nitrogens with one attached hydrogen (secondary N) is 1. The van der Waals surface area contributed by atoms with Crippen LogP contribution in [0.15, 0.2) is 29.2 Å². The first-order valence-corrected chi connectivity index (χ1v) is 6.03. The van der Waals surface area contributed by atoms with Crippen LogP contribution in [-0.2, 0) is 11.3 Å². The third-order valence-electron chi connectivity index (χ3n) is 2.29. The monoisotopic (exact) mass is 239 g/mol. The fourth-order valence-electron chi connectivity index (χ4n) is 1.41. The largest absolute Gasteiger partial charge is 0.443 e. The highest BCUT2D eigenvalue weighted by Crippen LogP contribution is 2.21. The molecule has 1 aliphatic rings. The molecule has 1 aromatic rings. The lowest BCUT2D eigenvalue weighted by Gasteiger charge is -2.07. The summed E-state index contributed by atoms with van der Waals surface area (Å²) in [5.74, 6) is 0.747. The maximum Gasteiger partial charge on any atom is 0.407 e. The van der Waals surface area contributed by atoms with E-state index in [2.05, 4.69) is 5.32 Å². The van der Waals surface area contributed by atoms with Crippen molar-refractivity contribution in [3.8, 4) is 0 Å². The van der Waals surface area contributed by atoms with Crippen LogP contribution in [0, 0.1) is 0 Å². The number of ether oxygens (including phenoxy) is 1. The zero-order valence-electron chi connectivity index (χ0n) is 8.68. The van der Waals surface area contributed by atoms with Gasteiger partial charge in [0.15, 0.2) is 0 Å². The number of aliphatic hydroxyl groups is 1. The van der Waals surface area contributed by atoms with E-state index in [1.165, 1.54) is 0 Å². The molecule has 86 valence electrons. The van der Waals surface area contributed by atoms with Crippen LogP contribution in [0.25, 0.3) is 0 Å². The standard InChI is InChI=1S/C11H13NO3S/c13-6-8-1-3-10(4-2-8)16-7-9-5-12-11(14)15-9/h1-4,9,13H,5-7H2,(H,12,14). The van der Waals surface area contributed by atoms with Gasteiger partial charge in [-0.3, -0.25) is 0 Å². The van der Waals surface area contributed by atoms with Crippen molar-refractivity contribution in [2.75, 3.05) is 12.3 Å². The van der Waals surface area contributed by atoms with E-state index in [4.69, 9.17) is 9.84 Å². The zero-order valence-corrected chi connectivity index (χ0v) is 9.50. The van der Waals surface area contributed by atoms with Gasteiger partial charge in [-0.15, -0.1) is 11.8 Å². The number of benzene rings is 1. The molecular weight excluding hydrogens is 226 g/mol. The Morgan fingerprint density at radius 3 is 2.75 bits per heavy atom. The summed E-state index contributed by atoms with van der Waals surface area (Å²) in [6.45, 7) is 0.648. The molecule has 0 bridgehead atoms. The molecule has 2 N–H and O–H groups in total. The summed E-state index contributed by atoms with van der Waals surface area (Å²) in [5.41, 5.74) is 0.901. The Morgan fingerprint density at radius 1 is 1.44 bits per heavy atom. The van der Waals surface area contributed by atoms with Crippen molar-refractivity contribution in [1.82, 2.24) is 5.32 Å². The smallest absolute Gasteiger partial charge is 0.407 e. The van der Waals surface area contributed by atoms with Crippen LogP contribution in [0.3, 0.4) is 0 Å². The normalized spacial score (nSPS) is 19.3. The lowest BCUT2D eigenvalue weighted by Crippen LogP contribution is -2.16. The van der Waals surface area contributed by atoms with Gasteiger partial charge in [0.2, 0.25) is 0 Å². The Kier molecular flexibility index (Phi) is 3.69. The van der Waals surface area contributed by atoms with Crippen LogP contribution in [0.2, 0.25) is 0 Å². The van der Waals surface area contributed by atoms with Gasteiger partial charge in [0, 0.05) is 10.6 Å². The minimum Gasteiger partial charge on any atom is -0.443 e. The SMILES string of the molecule is O=C1NCC(CSc2ccc(CO)cc2)O1. The molecule has 1 saturated heterocycles. The highest BCUT2D eigenvalue weighted by Gasteiger charge is 2.22. The van der Waals surface area contributed by atoms with Gasteiger partial charge >= 0.3 is 6.09 Å². The van der Waals surface area contributed by atoms with Gasteiger partial charge in [0.05, 0.1) is 13.2 Å². The van der Waals surface area contributed by atoms with Gasteiger partial charge in [0.25, 0.3) is 0 Å². The van der Waals surface area contributed by atoms with E-state index in [1.807, 2.05) is 24.3 Å². The molecule has 0 spiro atoms. The first kappa shape index (κ1) is 11.3. The average Bonchev–Trinajstić information content (AvgIpc) is 2.73. The van der Waals surface area contributed by atoms with Crippen molar-refractivity contribution < 1.29 is 14.6 Å². The quantitative estimate of drug-likeness (QED) is 0.779. The van der Waals surface area contributed by atoms with Gasteiger partial charge in [-0.05, 0) is 17.7 Å². The number of hydrogen-bond donors (Lipinski definition) is 2. The van der Waals surface area contributed by atoms with Crippen LogP contribution in [-0.4, -0.2) is 29.6 Å². The molecule has 1 unspecified atom stereocenters. The van der Waals surface area contributed by atoms with Gasteiger partial charge in [0.1, 0.15) is 6.10 Å². The van der Waals surface area contributed by atoms with Gasteiger partial charge in [-0.2, -0.15) is 0 Å². The number of aliphatic hydroxyl groups excluding tert-OH is 1. The zero-order chi connectivity index (χ0) is 11.4. The summed E-state index contributed by atoms with van der Waals surface area (Å²) >= 11 is 1.64. The molecule has 0 saturated carbocycles. The molecular formula is C11H13NO3S. The summed E-state index contributed by atoms with van der Waals surface area (Å²) in [5, 5.41) is 11.5. The topological polar surface area (TPSA) is 58.6 Å². The van der Waals surface area contributed by atoms with Crippen molar-refractivity contribution in [1.29, 1.82) is 0 Å². The lowest BCUT2D eigenvalue weighted by molar-refractivity contribution is 0.150. The predicted molar refractivity (Wildman–Crippen MR) is 61.4 cm³/mol. The summed E-state index contributed by atoms with van der Waals surface area (Å²) in [4.78, 5) is 11.9. The number of carbonyl (C=O) groups excluding carboxylic acids is 1. The minimum atomic E-state index is -0.332. The van der Waals surface area contributed by atoms with Gasteiger partial charge in [-0.25, -0.2) is 4.79 Å². The number of carbonyl (C=O) groups is 1. The third kappa shape index (κ3) is 2.90. The van der Waals surface area contributed by atoms with Crippen LogP contribution in [0.5, 0.6) is 0 Å². The van der Waals surface area contributed by atoms with E-state index in [-0.39, 0.29) is 18.8 Å². The van der Waals surface area contributed by atoms with Crippen LogP contribution >= 0.6 is 11.8 Å². The number of amides is 1. The Hall–Kier alpha value is -1.20. The molecule has 0 radical (unpaired) electrons. The van der Waals surface area contributed by atoms with Crippen molar-refractivity contribution in [3.05, 3.63) is 29.8 Å². The first-order valence-electron chi connectivity index (χ1n) is 5.05. The molecule has 1 aliphatic heterocycles. The number of thioether (sulfide) groups is 1. The van der Waals surface area contributed by atoms with E-state index in [0.29, 0.717) is 6.54 Å². The number of alkyl carbamates (subject to hydrolysis) is 1. The summed E-state index contributed by atoms with van der Waals surface area (Å²) in [6, 6.07) is 7.70. The highest BCUT2D eigenvalue weighted by atomic mass is 32.2. The molecule has 4 nitrogen and oxygen atoms in total. The van der Waals surface area contributed by atoms with E-state index < -0.39 is 0 Å². The summed E-state index contributed by atoms with van der Waals surface area (Å²) in [7, 11) is 0. The Labute approximate surface area is 98.0 Å². The summed E-state index contributed by atoms with van der Waals surface area (Å²) < 4.78 is 5.02. The molecule has 1 atom stereocenters. The second-order valence-electron chi connectivity index (χ2n) is 3.52. The fourth-order valence-corrected chi connectivity index (χ4v) is 2.30. The van der Waals surface area contributed by atoms with Crippen LogP contribution in [0.4, 0.5) is 4.79 Å². The maximum absolute atomic E-state index is 10.8. The number of rotatable bonds is 4. The molecule has 1 heterocycles. The maximum atomic E-state index is 10.8. The van der Waals surface area contributed by atoms with E-state index in [0.717, 1.165) is 16.2 Å². The van der Waals surface area contributed by atoms with E-state index in [1.54, 1.807) is 11.8 Å². The molecule has 5 heteroatoms. The molecule has 0 aliphatic carbocycles. The van der Waals surface area contributed by atoms with Crippen molar-refractivity contribution >= 4 is 17.9 Å². The van der Waals surface area contributed by atoms with Crippen molar-refractivity contribution in [2.24, 2.45) is 0 Å². The second kappa shape index (κ2) is 5.23. The Bertz CT molecular complexity index is 366. The number of cyclic esters (lactones) is 1. The third-order valence-corrected chi connectivity index (χ3v) is 3.43.